The Morgan fingerprint density at radius 1 is 1.04 bits per heavy atom. The minimum atomic E-state index is -3.53. The fraction of sp³-hybridized carbons (Fsp3) is 0.450. The number of piperazine rings is 1. The zero-order valence-electron chi connectivity index (χ0n) is 15.5. The molecule has 2 aromatic carbocycles. The lowest BCUT2D eigenvalue weighted by Crippen LogP contribution is -2.55. The van der Waals surface area contributed by atoms with Crippen molar-refractivity contribution in [1.29, 1.82) is 0 Å². The van der Waals surface area contributed by atoms with Gasteiger partial charge in [-0.15, -0.1) is 0 Å². The average Bonchev–Trinajstić information content (AvgIpc) is 3.51. The number of rotatable bonds is 5. The molecule has 7 heteroatoms. The summed E-state index contributed by atoms with van der Waals surface area (Å²) in [5.74, 6) is 0.0448. The summed E-state index contributed by atoms with van der Waals surface area (Å²) in [4.78, 5) is 14.6. The van der Waals surface area contributed by atoms with Gasteiger partial charge < -0.3 is 5.32 Å². The molecule has 0 spiro atoms. The molecule has 0 aromatic heterocycles. The second kappa shape index (κ2) is 7.22. The molecular formula is C20H25N3O3S. The molecule has 144 valence electrons. The third-order valence-corrected chi connectivity index (χ3v) is 7.38. The maximum absolute atomic E-state index is 13.0. The van der Waals surface area contributed by atoms with Gasteiger partial charge in [-0.2, -0.15) is 4.31 Å². The highest BCUT2D eigenvalue weighted by atomic mass is 32.2. The highest BCUT2D eigenvalue weighted by Crippen LogP contribution is 2.23. The first-order valence-corrected chi connectivity index (χ1v) is 10.9. The van der Waals surface area contributed by atoms with Crippen LogP contribution >= 0.6 is 0 Å². The Kier molecular flexibility index (Phi) is 4.92. The van der Waals surface area contributed by atoms with Crippen LogP contribution in [-0.4, -0.2) is 61.8 Å². The Morgan fingerprint density at radius 3 is 2.37 bits per heavy atom. The standard InChI is InChI=1S/C20H25N3O3S/c1-15(20(24)21-18-7-8-18)22-10-12-23(13-11-22)27(25,26)19-9-6-16-4-2-3-5-17(16)14-19/h2-6,9,14-15,18H,7-8,10-13H2,1H3,(H,21,24). The van der Waals surface area contributed by atoms with Crippen LogP contribution in [0.15, 0.2) is 47.4 Å². The molecule has 1 atom stereocenters. The van der Waals surface area contributed by atoms with E-state index in [9.17, 15) is 13.2 Å². The van der Waals surface area contributed by atoms with Crippen LogP contribution in [0.2, 0.25) is 0 Å². The number of amides is 1. The van der Waals surface area contributed by atoms with Gasteiger partial charge in [0.1, 0.15) is 0 Å². The second-order valence-corrected chi connectivity index (χ2v) is 9.35. The summed E-state index contributed by atoms with van der Waals surface area (Å²) in [7, 11) is -3.53. The lowest BCUT2D eigenvalue weighted by molar-refractivity contribution is -0.126. The van der Waals surface area contributed by atoms with E-state index in [-0.39, 0.29) is 11.9 Å². The minimum Gasteiger partial charge on any atom is -0.352 e. The first-order valence-electron chi connectivity index (χ1n) is 9.48. The molecule has 2 fully saturated rings. The Bertz CT molecular complexity index is 948. The van der Waals surface area contributed by atoms with E-state index in [0.29, 0.717) is 37.1 Å². The highest BCUT2D eigenvalue weighted by Gasteiger charge is 2.33. The van der Waals surface area contributed by atoms with Crippen LogP contribution in [0.1, 0.15) is 19.8 Å². The molecule has 27 heavy (non-hydrogen) atoms. The zero-order valence-corrected chi connectivity index (χ0v) is 16.3. The van der Waals surface area contributed by atoms with E-state index in [1.165, 1.54) is 4.31 Å². The van der Waals surface area contributed by atoms with Gasteiger partial charge in [-0.1, -0.05) is 30.3 Å². The van der Waals surface area contributed by atoms with Gasteiger partial charge in [0.15, 0.2) is 0 Å². The highest BCUT2D eigenvalue weighted by molar-refractivity contribution is 7.89. The average molecular weight is 388 g/mol. The number of fused-ring (bicyclic) bond motifs is 1. The molecule has 4 rings (SSSR count). The summed E-state index contributed by atoms with van der Waals surface area (Å²) >= 11 is 0. The molecule has 1 unspecified atom stereocenters. The summed E-state index contributed by atoms with van der Waals surface area (Å²) in [6.07, 6.45) is 2.13. The maximum Gasteiger partial charge on any atom is 0.243 e. The van der Waals surface area contributed by atoms with Crippen molar-refractivity contribution in [2.75, 3.05) is 26.2 Å². The molecule has 1 aliphatic carbocycles. The van der Waals surface area contributed by atoms with E-state index in [2.05, 4.69) is 10.2 Å². The lowest BCUT2D eigenvalue weighted by atomic mass is 10.1. The summed E-state index contributed by atoms with van der Waals surface area (Å²) in [6.45, 7) is 3.82. The summed E-state index contributed by atoms with van der Waals surface area (Å²) in [5.41, 5.74) is 0. The largest absolute Gasteiger partial charge is 0.352 e. The molecule has 6 nitrogen and oxygen atoms in total. The van der Waals surface area contributed by atoms with Gasteiger partial charge in [0.25, 0.3) is 0 Å². The van der Waals surface area contributed by atoms with Crippen LogP contribution in [0.4, 0.5) is 0 Å². The van der Waals surface area contributed by atoms with Crippen molar-refractivity contribution in [3.05, 3.63) is 42.5 Å². The van der Waals surface area contributed by atoms with Crippen LogP contribution in [0, 0.1) is 0 Å². The predicted molar refractivity (Wildman–Crippen MR) is 105 cm³/mol. The van der Waals surface area contributed by atoms with E-state index in [0.717, 1.165) is 23.6 Å². The van der Waals surface area contributed by atoms with Crippen LogP contribution in [0.5, 0.6) is 0 Å². The molecule has 1 amide bonds. The third-order valence-electron chi connectivity index (χ3n) is 5.48. The molecule has 1 aliphatic heterocycles. The molecule has 1 saturated carbocycles. The monoisotopic (exact) mass is 387 g/mol. The van der Waals surface area contributed by atoms with Gasteiger partial charge in [0, 0.05) is 32.2 Å². The SMILES string of the molecule is CC(C(=O)NC1CC1)N1CCN(S(=O)(=O)c2ccc3ccccc3c2)CC1. The topological polar surface area (TPSA) is 69.7 Å². The van der Waals surface area contributed by atoms with Gasteiger partial charge in [-0.3, -0.25) is 9.69 Å². The van der Waals surface area contributed by atoms with Crippen molar-refractivity contribution >= 4 is 26.7 Å². The number of nitrogens with zero attached hydrogens (tertiary/aromatic N) is 2. The van der Waals surface area contributed by atoms with Crippen molar-refractivity contribution in [1.82, 2.24) is 14.5 Å². The Hall–Kier alpha value is -1.96. The van der Waals surface area contributed by atoms with E-state index < -0.39 is 10.0 Å². The van der Waals surface area contributed by atoms with E-state index >= 15 is 0 Å². The molecular weight excluding hydrogens is 362 g/mol. The van der Waals surface area contributed by atoms with Crippen molar-refractivity contribution in [3.8, 4) is 0 Å². The lowest BCUT2D eigenvalue weighted by Gasteiger charge is -2.36. The Balaban J connectivity index is 1.43. The summed E-state index contributed by atoms with van der Waals surface area (Å²) in [6, 6.07) is 13.1. The smallest absolute Gasteiger partial charge is 0.243 e. The number of hydrogen-bond donors (Lipinski definition) is 1. The van der Waals surface area contributed by atoms with Crippen molar-refractivity contribution in [3.63, 3.8) is 0 Å². The summed E-state index contributed by atoms with van der Waals surface area (Å²) in [5, 5.41) is 4.97. The first-order chi connectivity index (χ1) is 12.9. The number of hydrogen-bond acceptors (Lipinski definition) is 4. The number of sulfonamides is 1. The van der Waals surface area contributed by atoms with Crippen LogP contribution in [0.3, 0.4) is 0 Å². The van der Waals surface area contributed by atoms with Gasteiger partial charge >= 0.3 is 0 Å². The van der Waals surface area contributed by atoms with Gasteiger partial charge in [-0.05, 0) is 42.7 Å². The van der Waals surface area contributed by atoms with Gasteiger partial charge in [-0.25, -0.2) is 8.42 Å². The molecule has 1 N–H and O–H groups in total. The van der Waals surface area contributed by atoms with Crippen molar-refractivity contribution in [2.45, 2.75) is 36.7 Å². The Labute approximate surface area is 160 Å². The van der Waals surface area contributed by atoms with E-state index in [1.807, 2.05) is 37.3 Å². The molecule has 2 aliphatic rings. The molecule has 1 heterocycles. The number of carbonyl (C=O) groups is 1. The number of carbonyl (C=O) groups excluding carboxylic acids is 1. The quantitative estimate of drug-likeness (QED) is 0.850. The van der Waals surface area contributed by atoms with E-state index in [1.54, 1.807) is 12.1 Å². The van der Waals surface area contributed by atoms with E-state index in [4.69, 9.17) is 0 Å². The zero-order chi connectivity index (χ0) is 19.0. The summed E-state index contributed by atoms with van der Waals surface area (Å²) < 4.78 is 27.6. The second-order valence-electron chi connectivity index (χ2n) is 7.41. The van der Waals surface area contributed by atoms with Crippen molar-refractivity contribution in [2.24, 2.45) is 0 Å². The molecule has 2 aromatic rings. The predicted octanol–water partition coefficient (Wildman–Crippen LogP) is 1.81. The fourth-order valence-corrected chi connectivity index (χ4v) is 4.98. The molecule has 0 bridgehead atoms. The third kappa shape index (κ3) is 3.85. The molecule has 0 radical (unpaired) electrons. The maximum atomic E-state index is 13.0. The number of nitrogens with one attached hydrogen (secondary N) is 1. The number of benzene rings is 2. The minimum absolute atomic E-state index is 0.0448. The molecule has 1 saturated heterocycles. The van der Waals surface area contributed by atoms with Crippen LogP contribution < -0.4 is 5.32 Å². The Morgan fingerprint density at radius 2 is 1.70 bits per heavy atom. The van der Waals surface area contributed by atoms with Crippen LogP contribution in [0.25, 0.3) is 10.8 Å². The normalized spacial score (nSPS) is 20.5. The van der Waals surface area contributed by atoms with Crippen LogP contribution in [-0.2, 0) is 14.8 Å². The van der Waals surface area contributed by atoms with Gasteiger partial charge in [0.2, 0.25) is 15.9 Å². The van der Waals surface area contributed by atoms with Gasteiger partial charge in [0.05, 0.1) is 10.9 Å². The fourth-order valence-electron chi connectivity index (χ4n) is 3.52. The van der Waals surface area contributed by atoms with Crippen molar-refractivity contribution < 1.29 is 13.2 Å². The first kappa shape index (κ1) is 18.4.